The lowest BCUT2D eigenvalue weighted by Crippen LogP contribution is -2.71. The van der Waals surface area contributed by atoms with Crippen LogP contribution in [0.3, 0.4) is 0 Å². The number of carbonyl (C=O) groups excluding carboxylic acids is 3. The Labute approximate surface area is 232 Å². The summed E-state index contributed by atoms with van der Waals surface area (Å²) in [5.74, 6) is 2.43. The Kier molecular flexibility index (Phi) is 7.77. The van der Waals surface area contributed by atoms with Crippen LogP contribution in [0.4, 0.5) is 0 Å². The lowest BCUT2D eigenvalue weighted by molar-refractivity contribution is -0.157. The van der Waals surface area contributed by atoms with E-state index in [9.17, 15) is 22.8 Å². The van der Waals surface area contributed by atoms with Gasteiger partial charge in [0.1, 0.15) is 5.92 Å². The van der Waals surface area contributed by atoms with E-state index >= 15 is 0 Å². The van der Waals surface area contributed by atoms with E-state index in [1.54, 1.807) is 18.2 Å². The Hall–Kier alpha value is -4.34. The van der Waals surface area contributed by atoms with Crippen LogP contribution in [0, 0.1) is 5.92 Å². The molecule has 0 radical (unpaired) electrons. The number of fused-ring (bicyclic) bond motifs is 1. The number of nitrogens with zero attached hydrogens (tertiary/aromatic N) is 1. The SMILES string of the molecule is NN1C(=O)[C@H](C(=O)[C@H](Cc2ccc3ccccc3c2)NC(=O)CCc2ccccc2)C1S(=O)(=O)c1ccccc1. The van der Waals surface area contributed by atoms with Crippen molar-refractivity contribution in [3.05, 3.63) is 114 Å². The molecule has 2 amide bonds. The van der Waals surface area contributed by atoms with E-state index in [4.69, 9.17) is 5.84 Å². The van der Waals surface area contributed by atoms with Gasteiger partial charge in [-0.05, 0) is 46.9 Å². The number of carbonyl (C=O) groups is 3. The molecule has 4 aromatic rings. The summed E-state index contributed by atoms with van der Waals surface area (Å²) in [7, 11) is -4.14. The van der Waals surface area contributed by atoms with Gasteiger partial charge in [-0.25, -0.2) is 14.3 Å². The lowest BCUT2D eigenvalue weighted by Gasteiger charge is -2.43. The summed E-state index contributed by atoms with van der Waals surface area (Å²) in [4.78, 5) is 39.7. The fourth-order valence-corrected chi connectivity index (χ4v) is 6.86. The summed E-state index contributed by atoms with van der Waals surface area (Å²) < 4.78 is 26.8. The first-order valence-corrected chi connectivity index (χ1v) is 14.5. The Balaban J connectivity index is 1.42. The summed E-state index contributed by atoms with van der Waals surface area (Å²) in [6.07, 6.45) is 0.680. The highest BCUT2D eigenvalue weighted by Crippen LogP contribution is 2.34. The molecular weight excluding hydrogens is 526 g/mol. The maximum absolute atomic E-state index is 13.9. The van der Waals surface area contributed by atoms with Crippen LogP contribution in [0.15, 0.2) is 108 Å². The number of ketones is 1. The van der Waals surface area contributed by atoms with E-state index in [0.717, 1.165) is 21.9 Å². The molecule has 1 saturated heterocycles. The van der Waals surface area contributed by atoms with Gasteiger partial charge < -0.3 is 5.32 Å². The fourth-order valence-electron chi connectivity index (χ4n) is 5.04. The van der Waals surface area contributed by atoms with Crippen molar-refractivity contribution in [1.29, 1.82) is 0 Å². The number of sulfone groups is 1. The zero-order valence-corrected chi connectivity index (χ0v) is 22.5. The molecule has 0 aliphatic carbocycles. The highest BCUT2D eigenvalue weighted by Gasteiger charge is 2.58. The Morgan fingerprint density at radius 1 is 0.825 bits per heavy atom. The van der Waals surface area contributed by atoms with Crippen LogP contribution in [0.1, 0.15) is 17.5 Å². The molecule has 3 atom stereocenters. The Bertz CT molecular complexity index is 1660. The number of amides is 2. The van der Waals surface area contributed by atoms with Gasteiger partial charge in [-0.1, -0.05) is 91.0 Å². The van der Waals surface area contributed by atoms with Gasteiger partial charge in [0.05, 0.1) is 10.9 Å². The minimum atomic E-state index is -4.14. The molecule has 5 rings (SSSR count). The van der Waals surface area contributed by atoms with E-state index in [0.29, 0.717) is 11.4 Å². The predicted molar refractivity (Wildman–Crippen MR) is 151 cm³/mol. The summed E-state index contributed by atoms with van der Waals surface area (Å²) >= 11 is 0. The number of hydrogen-bond acceptors (Lipinski definition) is 6. The van der Waals surface area contributed by atoms with Crippen molar-refractivity contribution in [2.75, 3.05) is 0 Å². The smallest absolute Gasteiger partial charge is 0.251 e. The monoisotopic (exact) mass is 555 g/mol. The maximum Gasteiger partial charge on any atom is 0.251 e. The Morgan fingerprint density at radius 2 is 1.45 bits per heavy atom. The summed E-state index contributed by atoms with van der Waals surface area (Å²) in [5, 5.41) is 3.79. The lowest BCUT2D eigenvalue weighted by atomic mass is 9.87. The molecule has 1 unspecified atom stereocenters. The first kappa shape index (κ1) is 27.2. The van der Waals surface area contributed by atoms with Crippen LogP contribution in [-0.4, -0.2) is 42.4 Å². The molecule has 0 spiro atoms. The topological polar surface area (TPSA) is 127 Å². The molecule has 204 valence electrons. The second-order valence-corrected chi connectivity index (χ2v) is 11.9. The minimum Gasteiger partial charge on any atom is -0.346 e. The largest absolute Gasteiger partial charge is 0.346 e. The number of β-lactam (4-membered cyclic amide) rings is 1. The number of hydrogen-bond donors (Lipinski definition) is 2. The summed E-state index contributed by atoms with van der Waals surface area (Å²) in [6.45, 7) is 0. The predicted octanol–water partition coefficient (Wildman–Crippen LogP) is 3.20. The second-order valence-electron chi connectivity index (χ2n) is 9.87. The third kappa shape index (κ3) is 5.52. The molecule has 1 fully saturated rings. The molecule has 1 aliphatic heterocycles. The van der Waals surface area contributed by atoms with Gasteiger partial charge in [-0.15, -0.1) is 0 Å². The van der Waals surface area contributed by atoms with Crippen LogP contribution in [0.5, 0.6) is 0 Å². The van der Waals surface area contributed by atoms with Gasteiger partial charge in [-0.3, -0.25) is 19.4 Å². The number of aryl methyl sites for hydroxylation is 1. The van der Waals surface area contributed by atoms with E-state index in [1.165, 1.54) is 12.1 Å². The van der Waals surface area contributed by atoms with Crippen molar-refractivity contribution in [2.45, 2.75) is 35.6 Å². The molecule has 3 N–H and O–H groups in total. The number of rotatable bonds is 10. The quantitative estimate of drug-likeness (QED) is 0.134. The summed E-state index contributed by atoms with van der Waals surface area (Å²) in [6, 6.07) is 29.3. The molecule has 4 aromatic carbocycles. The van der Waals surface area contributed by atoms with Gasteiger partial charge in [0, 0.05) is 6.42 Å². The zero-order valence-electron chi connectivity index (χ0n) is 21.6. The zero-order chi connectivity index (χ0) is 28.3. The van der Waals surface area contributed by atoms with E-state index in [2.05, 4.69) is 5.32 Å². The van der Waals surface area contributed by atoms with E-state index < -0.39 is 38.9 Å². The van der Waals surface area contributed by atoms with Crippen molar-refractivity contribution in [3.63, 3.8) is 0 Å². The number of hydrazine groups is 1. The minimum absolute atomic E-state index is 0.0428. The van der Waals surface area contributed by atoms with Crippen molar-refractivity contribution in [1.82, 2.24) is 10.3 Å². The number of nitrogens with two attached hydrogens (primary N) is 1. The highest BCUT2D eigenvalue weighted by molar-refractivity contribution is 7.92. The van der Waals surface area contributed by atoms with Gasteiger partial charge in [0.2, 0.25) is 15.7 Å². The van der Waals surface area contributed by atoms with Crippen LogP contribution < -0.4 is 11.2 Å². The first-order chi connectivity index (χ1) is 19.3. The van der Waals surface area contributed by atoms with Gasteiger partial charge >= 0.3 is 0 Å². The van der Waals surface area contributed by atoms with Crippen molar-refractivity contribution >= 4 is 38.2 Å². The van der Waals surface area contributed by atoms with Gasteiger partial charge in [-0.2, -0.15) is 0 Å². The molecule has 1 heterocycles. The van der Waals surface area contributed by atoms with Crippen molar-refractivity contribution in [3.8, 4) is 0 Å². The molecule has 0 saturated carbocycles. The third-order valence-electron chi connectivity index (χ3n) is 7.19. The van der Waals surface area contributed by atoms with E-state index in [-0.39, 0.29) is 23.6 Å². The average molecular weight is 556 g/mol. The summed E-state index contributed by atoms with van der Waals surface area (Å²) in [5.41, 5.74) is 1.73. The molecule has 40 heavy (non-hydrogen) atoms. The molecule has 9 heteroatoms. The fraction of sp³-hybridized carbons (Fsp3) is 0.194. The van der Waals surface area contributed by atoms with Gasteiger partial charge in [0.15, 0.2) is 11.2 Å². The van der Waals surface area contributed by atoms with Crippen molar-refractivity contribution in [2.24, 2.45) is 11.8 Å². The van der Waals surface area contributed by atoms with Crippen LogP contribution in [0.2, 0.25) is 0 Å². The van der Waals surface area contributed by atoms with E-state index in [1.807, 2.05) is 72.8 Å². The van der Waals surface area contributed by atoms with Crippen LogP contribution in [-0.2, 0) is 37.1 Å². The first-order valence-electron chi connectivity index (χ1n) is 13.0. The standard InChI is InChI=1S/C31H29N3O5S/c32-34-30(37)28(31(34)40(38,39)25-13-5-2-6-14-25)29(36)26(33-27(35)18-16-21-9-3-1-4-10-21)20-22-15-17-23-11-7-8-12-24(23)19-22/h1-15,17,19,26,28,31H,16,18,20,32H2,(H,33,35)/t26-,28-,31?/m0/s1. The highest BCUT2D eigenvalue weighted by atomic mass is 32.2. The number of Topliss-reactive ketones (excluding diaryl/α,β-unsaturated/α-hetero) is 1. The van der Waals surface area contributed by atoms with Crippen LogP contribution in [0.25, 0.3) is 10.8 Å². The number of nitrogens with one attached hydrogen (secondary N) is 1. The molecule has 0 aromatic heterocycles. The average Bonchev–Trinajstić information content (AvgIpc) is 2.98. The molecule has 8 nitrogen and oxygen atoms in total. The maximum atomic E-state index is 13.9. The van der Waals surface area contributed by atoms with Crippen molar-refractivity contribution < 1.29 is 22.8 Å². The van der Waals surface area contributed by atoms with Crippen LogP contribution >= 0.6 is 0 Å². The molecule has 0 bridgehead atoms. The third-order valence-corrected chi connectivity index (χ3v) is 9.26. The van der Waals surface area contributed by atoms with Gasteiger partial charge in [0.25, 0.3) is 5.91 Å². The molecular formula is C31H29N3O5S. The number of benzene rings is 4. The molecule has 1 aliphatic rings. The second kappa shape index (κ2) is 11.4. The normalized spacial score (nSPS) is 17.7. The Morgan fingerprint density at radius 3 is 2.15 bits per heavy atom.